The van der Waals surface area contributed by atoms with E-state index in [1.807, 2.05) is 30.0 Å². The van der Waals surface area contributed by atoms with Crippen LogP contribution in [0.15, 0.2) is 23.4 Å². The van der Waals surface area contributed by atoms with Crippen molar-refractivity contribution in [2.45, 2.75) is 57.3 Å². The van der Waals surface area contributed by atoms with Gasteiger partial charge in [0.25, 0.3) is 0 Å². The predicted molar refractivity (Wildman–Crippen MR) is 107 cm³/mol. The number of carbonyl (C=O) groups excluding carboxylic acids is 1. The molecular formula is C19H25ClN4O2S. The lowest BCUT2D eigenvalue weighted by molar-refractivity contribution is -0.132. The summed E-state index contributed by atoms with van der Waals surface area (Å²) >= 11 is 7.38. The highest BCUT2D eigenvalue weighted by molar-refractivity contribution is 7.99. The Balaban J connectivity index is 1.48. The van der Waals surface area contributed by atoms with Crippen molar-refractivity contribution in [2.75, 3.05) is 12.3 Å². The second kappa shape index (κ2) is 9.46. The van der Waals surface area contributed by atoms with Gasteiger partial charge in [-0.1, -0.05) is 30.3 Å². The maximum Gasteiger partial charge on any atom is 0.233 e. The van der Waals surface area contributed by atoms with Gasteiger partial charge in [0, 0.05) is 17.6 Å². The van der Waals surface area contributed by atoms with Gasteiger partial charge in [-0.15, -0.1) is 5.10 Å². The van der Waals surface area contributed by atoms with Gasteiger partial charge in [-0.25, -0.2) is 4.98 Å². The van der Waals surface area contributed by atoms with Gasteiger partial charge in [0.15, 0.2) is 5.82 Å². The quantitative estimate of drug-likeness (QED) is 0.694. The number of aromatic amines is 1. The summed E-state index contributed by atoms with van der Waals surface area (Å²) in [6.45, 7) is 5.23. The number of likely N-dealkylation sites (tertiary alicyclic amines) is 1. The Morgan fingerprint density at radius 3 is 3.07 bits per heavy atom. The van der Waals surface area contributed by atoms with E-state index >= 15 is 0 Å². The number of hydrogen-bond donors (Lipinski definition) is 1. The minimum absolute atomic E-state index is 0.172. The van der Waals surface area contributed by atoms with Crippen molar-refractivity contribution in [3.05, 3.63) is 34.6 Å². The molecule has 0 bridgehead atoms. The van der Waals surface area contributed by atoms with Gasteiger partial charge >= 0.3 is 0 Å². The lowest BCUT2D eigenvalue weighted by Gasteiger charge is -2.35. The Labute approximate surface area is 169 Å². The highest BCUT2D eigenvalue weighted by Gasteiger charge is 2.25. The molecule has 0 spiro atoms. The molecule has 8 heteroatoms. The fourth-order valence-corrected chi connectivity index (χ4v) is 4.05. The number of rotatable bonds is 7. The molecule has 1 aromatic heterocycles. The summed E-state index contributed by atoms with van der Waals surface area (Å²) in [6.07, 6.45) is 4.44. The Hall–Kier alpha value is -1.73. The van der Waals surface area contributed by atoms with Crippen molar-refractivity contribution in [1.82, 2.24) is 20.1 Å². The predicted octanol–water partition coefficient (Wildman–Crippen LogP) is 4.23. The van der Waals surface area contributed by atoms with E-state index in [1.165, 1.54) is 18.2 Å². The first-order valence-corrected chi connectivity index (χ1v) is 10.7. The summed E-state index contributed by atoms with van der Waals surface area (Å²) in [5.41, 5.74) is 0.963. The Morgan fingerprint density at radius 1 is 1.44 bits per heavy atom. The van der Waals surface area contributed by atoms with Crippen molar-refractivity contribution >= 4 is 29.3 Å². The number of aromatic nitrogens is 3. The molecule has 1 aliphatic heterocycles. The van der Waals surface area contributed by atoms with Gasteiger partial charge in [-0.2, -0.15) is 0 Å². The molecule has 2 aromatic rings. The van der Waals surface area contributed by atoms with Crippen LogP contribution < -0.4 is 4.74 Å². The van der Waals surface area contributed by atoms with Crippen LogP contribution in [0, 0.1) is 6.92 Å². The molecule has 0 aliphatic carbocycles. The van der Waals surface area contributed by atoms with Gasteiger partial charge in [0.1, 0.15) is 12.4 Å². The molecule has 1 amide bonds. The maximum absolute atomic E-state index is 12.5. The molecule has 1 aliphatic rings. The number of piperidine rings is 1. The molecular weight excluding hydrogens is 384 g/mol. The van der Waals surface area contributed by atoms with Crippen molar-refractivity contribution in [2.24, 2.45) is 0 Å². The van der Waals surface area contributed by atoms with Crippen LogP contribution in [0.1, 0.15) is 44.0 Å². The van der Waals surface area contributed by atoms with Crippen LogP contribution in [0.5, 0.6) is 5.75 Å². The van der Waals surface area contributed by atoms with Crippen molar-refractivity contribution in [3.63, 3.8) is 0 Å². The summed E-state index contributed by atoms with van der Waals surface area (Å²) < 4.78 is 5.71. The molecule has 27 heavy (non-hydrogen) atoms. The Kier molecular flexibility index (Phi) is 7.01. The second-order valence-electron chi connectivity index (χ2n) is 6.70. The molecule has 146 valence electrons. The lowest BCUT2D eigenvalue weighted by Crippen LogP contribution is -2.44. The third-order valence-corrected chi connectivity index (χ3v) is 6.02. The van der Waals surface area contributed by atoms with Crippen LogP contribution in [0.25, 0.3) is 0 Å². The molecule has 0 saturated carbocycles. The minimum Gasteiger partial charge on any atom is -0.486 e. The van der Waals surface area contributed by atoms with Gasteiger partial charge < -0.3 is 9.64 Å². The van der Waals surface area contributed by atoms with Crippen molar-refractivity contribution < 1.29 is 9.53 Å². The first kappa shape index (κ1) is 20.0. The SMILES string of the molecule is CC[C@H]1CCCCN1C(=O)CSc1n[nH]c(COc2ccc(Cl)c(C)c2)n1. The lowest BCUT2D eigenvalue weighted by atomic mass is 10.0. The van der Waals surface area contributed by atoms with Gasteiger partial charge in [0.2, 0.25) is 11.1 Å². The third-order valence-electron chi connectivity index (χ3n) is 4.76. The van der Waals surface area contributed by atoms with Gasteiger partial charge in [-0.3, -0.25) is 9.89 Å². The third kappa shape index (κ3) is 5.39. The van der Waals surface area contributed by atoms with Crippen LogP contribution in [-0.2, 0) is 11.4 Å². The normalized spacial score (nSPS) is 17.1. The van der Waals surface area contributed by atoms with E-state index in [0.717, 1.165) is 37.1 Å². The van der Waals surface area contributed by atoms with E-state index < -0.39 is 0 Å². The van der Waals surface area contributed by atoms with Crippen LogP contribution in [0.4, 0.5) is 0 Å². The number of carbonyl (C=O) groups is 1. The number of hydrogen-bond acceptors (Lipinski definition) is 5. The van der Waals surface area contributed by atoms with E-state index in [1.54, 1.807) is 0 Å². The standard InChI is InChI=1S/C19H25ClN4O2S/c1-3-14-6-4-5-9-24(14)18(25)12-27-19-21-17(22-23-19)11-26-15-7-8-16(20)13(2)10-15/h7-8,10,14H,3-6,9,11-12H2,1-2H3,(H,21,22,23)/t14-/m0/s1. The van der Waals surface area contributed by atoms with E-state index in [9.17, 15) is 4.79 Å². The zero-order valence-electron chi connectivity index (χ0n) is 15.7. The van der Waals surface area contributed by atoms with Crippen LogP contribution in [0.3, 0.4) is 0 Å². The first-order chi connectivity index (χ1) is 13.1. The molecule has 1 aromatic carbocycles. The summed E-state index contributed by atoms with van der Waals surface area (Å²) in [6, 6.07) is 5.90. The average molecular weight is 409 g/mol. The fourth-order valence-electron chi connectivity index (χ4n) is 3.23. The van der Waals surface area contributed by atoms with E-state index in [2.05, 4.69) is 22.1 Å². The summed E-state index contributed by atoms with van der Waals surface area (Å²) in [4.78, 5) is 18.9. The number of halogens is 1. The zero-order chi connectivity index (χ0) is 19.2. The molecule has 6 nitrogen and oxygen atoms in total. The summed E-state index contributed by atoms with van der Waals surface area (Å²) in [5, 5.41) is 8.32. The number of nitrogens with one attached hydrogen (secondary N) is 1. The van der Waals surface area contributed by atoms with Gasteiger partial charge in [0.05, 0.1) is 5.75 Å². The van der Waals surface area contributed by atoms with Crippen LogP contribution >= 0.6 is 23.4 Å². The Morgan fingerprint density at radius 2 is 2.30 bits per heavy atom. The van der Waals surface area contributed by atoms with Gasteiger partial charge in [-0.05, 0) is 56.4 Å². The average Bonchev–Trinajstić information content (AvgIpc) is 3.15. The monoisotopic (exact) mass is 408 g/mol. The molecule has 1 atom stereocenters. The number of H-pyrrole nitrogens is 1. The van der Waals surface area contributed by atoms with E-state index in [-0.39, 0.29) is 12.5 Å². The summed E-state index contributed by atoms with van der Waals surface area (Å²) in [5.74, 6) is 1.89. The number of ether oxygens (including phenoxy) is 1. The minimum atomic E-state index is 0.172. The van der Waals surface area contributed by atoms with Crippen molar-refractivity contribution in [1.29, 1.82) is 0 Å². The summed E-state index contributed by atoms with van der Waals surface area (Å²) in [7, 11) is 0. The highest BCUT2D eigenvalue weighted by Crippen LogP contribution is 2.23. The van der Waals surface area contributed by atoms with E-state index in [4.69, 9.17) is 16.3 Å². The van der Waals surface area contributed by atoms with E-state index in [0.29, 0.717) is 27.8 Å². The van der Waals surface area contributed by atoms with Crippen LogP contribution in [-0.4, -0.2) is 44.3 Å². The van der Waals surface area contributed by atoms with Crippen molar-refractivity contribution in [3.8, 4) is 5.75 Å². The second-order valence-corrected chi connectivity index (χ2v) is 8.05. The molecule has 1 fully saturated rings. The number of aryl methyl sites for hydroxylation is 1. The number of benzene rings is 1. The zero-order valence-corrected chi connectivity index (χ0v) is 17.3. The molecule has 2 heterocycles. The molecule has 0 radical (unpaired) electrons. The highest BCUT2D eigenvalue weighted by atomic mass is 35.5. The smallest absolute Gasteiger partial charge is 0.233 e. The maximum atomic E-state index is 12.5. The topological polar surface area (TPSA) is 71.1 Å². The number of thioether (sulfide) groups is 1. The largest absolute Gasteiger partial charge is 0.486 e. The first-order valence-electron chi connectivity index (χ1n) is 9.29. The van der Waals surface area contributed by atoms with Crippen LogP contribution in [0.2, 0.25) is 5.02 Å². The molecule has 3 rings (SSSR count). The molecule has 1 N–H and O–H groups in total. The Bertz CT molecular complexity index is 783. The fraction of sp³-hybridized carbons (Fsp3) is 0.526. The number of nitrogens with zero attached hydrogens (tertiary/aromatic N) is 3. The molecule has 0 unspecified atom stereocenters. The molecule has 1 saturated heterocycles. The number of amides is 1.